The second-order valence-corrected chi connectivity index (χ2v) is 7.64. The van der Waals surface area contributed by atoms with E-state index < -0.39 is 18.5 Å². The lowest BCUT2D eigenvalue weighted by atomic mass is 10.1. The first-order chi connectivity index (χ1) is 14.8. The Hall–Kier alpha value is -3.53. The van der Waals surface area contributed by atoms with Crippen molar-refractivity contribution in [3.8, 4) is 17.2 Å². The molecule has 0 radical (unpaired) electrons. The van der Waals surface area contributed by atoms with E-state index in [2.05, 4.69) is 10.3 Å². The predicted molar refractivity (Wildman–Crippen MR) is 119 cm³/mol. The van der Waals surface area contributed by atoms with Crippen molar-refractivity contribution >= 4 is 44.8 Å². The zero-order valence-corrected chi connectivity index (χ0v) is 18.6. The van der Waals surface area contributed by atoms with Crippen LogP contribution >= 0.6 is 11.3 Å². The molecule has 2 heterocycles. The van der Waals surface area contributed by atoms with E-state index in [0.29, 0.717) is 33.5 Å². The van der Waals surface area contributed by atoms with Crippen LogP contribution in [0, 0.1) is 13.8 Å². The molecular weight excluding hydrogens is 422 g/mol. The molecule has 31 heavy (non-hydrogen) atoms. The highest BCUT2D eigenvalue weighted by Gasteiger charge is 2.21. The molecule has 1 amide bonds. The normalized spacial score (nSPS) is 10.6. The van der Waals surface area contributed by atoms with E-state index >= 15 is 0 Å². The molecule has 0 aliphatic heterocycles. The Labute approximate surface area is 183 Å². The Morgan fingerprint density at radius 2 is 1.71 bits per heavy atom. The Morgan fingerprint density at radius 3 is 2.29 bits per heavy atom. The summed E-state index contributed by atoms with van der Waals surface area (Å²) in [6, 6.07) is 5.04. The Bertz CT molecular complexity index is 1130. The van der Waals surface area contributed by atoms with Gasteiger partial charge in [0.25, 0.3) is 5.91 Å². The van der Waals surface area contributed by atoms with Crippen molar-refractivity contribution in [2.75, 3.05) is 39.0 Å². The number of benzene rings is 1. The van der Waals surface area contributed by atoms with E-state index in [0.717, 1.165) is 28.0 Å². The van der Waals surface area contributed by atoms with E-state index in [1.54, 1.807) is 12.1 Å². The van der Waals surface area contributed by atoms with Gasteiger partial charge >= 0.3 is 5.97 Å². The molecule has 0 aliphatic carbocycles. The molecule has 0 aliphatic rings. The van der Waals surface area contributed by atoms with Crippen LogP contribution in [0.4, 0.5) is 11.4 Å². The lowest BCUT2D eigenvalue weighted by Gasteiger charge is -2.14. The van der Waals surface area contributed by atoms with Crippen molar-refractivity contribution in [2.45, 2.75) is 13.8 Å². The van der Waals surface area contributed by atoms with E-state index in [1.807, 2.05) is 19.9 Å². The largest absolute Gasteiger partial charge is 0.493 e. The number of fused-ring (bicyclic) bond motifs is 1. The maximum Gasteiger partial charge on any atom is 0.351 e. The molecule has 0 saturated heterocycles. The summed E-state index contributed by atoms with van der Waals surface area (Å²) in [7, 11) is 4.42. The number of nitrogens with zero attached hydrogens (tertiary/aromatic N) is 1. The molecule has 164 valence electrons. The number of nitrogen functional groups attached to an aromatic ring is 1. The first-order valence-corrected chi connectivity index (χ1v) is 10.0. The van der Waals surface area contributed by atoms with E-state index in [-0.39, 0.29) is 4.88 Å². The van der Waals surface area contributed by atoms with Gasteiger partial charge in [0.1, 0.15) is 9.71 Å². The van der Waals surface area contributed by atoms with Gasteiger partial charge in [0.15, 0.2) is 18.1 Å². The third-order valence-corrected chi connectivity index (χ3v) is 5.57. The highest BCUT2D eigenvalue weighted by molar-refractivity contribution is 7.21. The number of nitrogens with two attached hydrogens (primary N) is 1. The SMILES string of the molecule is COc1cc(NC(=O)COC(=O)c2sc3nc(C)cc(C)c3c2N)cc(OC)c1OC. The lowest BCUT2D eigenvalue weighted by molar-refractivity contribution is -0.119. The summed E-state index contributed by atoms with van der Waals surface area (Å²) in [5, 5.41) is 3.36. The molecule has 0 atom stereocenters. The van der Waals surface area contributed by atoms with Crippen molar-refractivity contribution < 1.29 is 28.5 Å². The van der Waals surface area contributed by atoms with Gasteiger partial charge in [0, 0.05) is 28.9 Å². The number of rotatable bonds is 7. The molecule has 0 bridgehead atoms. The standard InChI is InChI=1S/C21H23N3O6S/c1-10-6-11(2)23-20-16(10)17(22)19(31-20)21(26)30-9-15(25)24-12-7-13(27-3)18(29-5)14(8-12)28-4/h6-8H,9,22H2,1-5H3,(H,24,25). The average Bonchev–Trinajstić information content (AvgIpc) is 3.07. The van der Waals surface area contributed by atoms with Crippen molar-refractivity contribution in [1.82, 2.24) is 4.98 Å². The molecule has 0 saturated carbocycles. The number of pyridine rings is 1. The molecule has 3 N–H and O–H groups in total. The van der Waals surface area contributed by atoms with Crippen LogP contribution in [0.5, 0.6) is 17.2 Å². The zero-order valence-electron chi connectivity index (χ0n) is 17.8. The minimum Gasteiger partial charge on any atom is -0.493 e. The van der Waals surface area contributed by atoms with Gasteiger partial charge in [-0.05, 0) is 25.5 Å². The van der Waals surface area contributed by atoms with Crippen LogP contribution in [0.3, 0.4) is 0 Å². The number of aryl methyl sites for hydroxylation is 2. The van der Waals surface area contributed by atoms with Gasteiger partial charge in [-0.2, -0.15) is 0 Å². The van der Waals surface area contributed by atoms with Crippen molar-refractivity contribution in [3.63, 3.8) is 0 Å². The number of ether oxygens (including phenoxy) is 4. The van der Waals surface area contributed by atoms with Crippen LogP contribution < -0.4 is 25.3 Å². The average molecular weight is 445 g/mol. The number of aromatic nitrogens is 1. The molecule has 0 spiro atoms. The number of carbonyl (C=O) groups excluding carboxylic acids is 2. The fourth-order valence-corrected chi connectivity index (χ4v) is 4.28. The van der Waals surface area contributed by atoms with Gasteiger partial charge in [-0.3, -0.25) is 4.79 Å². The fraction of sp³-hybridized carbons (Fsp3) is 0.286. The Balaban J connectivity index is 1.72. The molecule has 0 fully saturated rings. The number of hydrogen-bond acceptors (Lipinski definition) is 9. The molecule has 10 heteroatoms. The van der Waals surface area contributed by atoms with Crippen LogP contribution in [-0.2, 0) is 9.53 Å². The van der Waals surface area contributed by atoms with Gasteiger partial charge in [0.05, 0.1) is 27.0 Å². The molecule has 3 rings (SSSR count). The van der Waals surface area contributed by atoms with Crippen LogP contribution in [-0.4, -0.2) is 44.8 Å². The maximum absolute atomic E-state index is 12.5. The third kappa shape index (κ3) is 4.48. The van der Waals surface area contributed by atoms with Crippen molar-refractivity contribution in [2.24, 2.45) is 0 Å². The summed E-state index contributed by atoms with van der Waals surface area (Å²) in [6.07, 6.45) is 0. The van der Waals surface area contributed by atoms with Gasteiger partial charge < -0.3 is 30.0 Å². The number of nitrogens with one attached hydrogen (secondary N) is 1. The molecule has 9 nitrogen and oxygen atoms in total. The van der Waals surface area contributed by atoms with Gasteiger partial charge in [-0.1, -0.05) is 0 Å². The number of esters is 1. The van der Waals surface area contributed by atoms with Crippen LogP contribution in [0.25, 0.3) is 10.2 Å². The number of carbonyl (C=O) groups is 2. The number of thiophene rings is 1. The number of methoxy groups -OCH3 is 3. The zero-order chi connectivity index (χ0) is 22.7. The summed E-state index contributed by atoms with van der Waals surface area (Å²) in [5.41, 5.74) is 8.60. The Morgan fingerprint density at radius 1 is 1.06 bits per heavy atom. The number of amides is 1. The topological polar surface area (TPSA) is 122 Å². The smallest absolute Gasteiger partial charge is 0.351 e. The van der Waals surface area contributed by atoms with E-state index in [4.69, 9.17) is 24.7 Å². The Kier molecular flexibility index (Phi) is 6.50. The monoisotopic (exact) mass is 445 g/mol. The summed E-state index contributed by atoms with van der Waals surface area (Å²) in [5.74, 6) is -0.0606. The van der Waals surface area contributed by atoms with Gasteiger partial charge in [0.2, 0.25) is 5.75 Å². The third-order valence-electron chi connectivity index (χ3n) is 4.49. The molecule has 2 aromatic heterocycles. The van der Waals surface area contributed by atoms with Crippen molar-refractivity contribution in [1.29, 1.82) is 0 Å². The quantitative estimate of drug-likeness (QED) is 0.531. The van der Waals surface area contributed by atoms with E-state index in [1.165, 1.54) is 21.3 Å². The summed E-state index contributed by atoms with van der Waals surface area (Å²) in [4.78, 5) is 30.1. The number of hydrogen-bond donors (Lipinski definition) is 2. The summed E-state index contributed by atoms with van der Waals surface area (Å²) >= 11 is 1.14. The molecule has 1 aromatic carbocycles. The molecule has 0 unspecified atom stereocenters. The van der Waals surface area contributed by atoms with Crippen LogP contribution in [0.15, 0.2) is 18.2 Å². The van der Waals surface area contributed by atoms with Gasteiger partial charge in [-0.25, -0.2) is 9.78 Å². The van der Waals surface area contributed by atoms with Crippen LogP contribution in [0.1, 0.15) is 20.9 Å². The minimum atomic E-state index is -0.683. The first-order valence-electron chi connectivity index (χ1n) is 9.22. The van der Waals surface area contributed by atoms with Crippen molar-refractivity contribution in [3.05, 3.63) is 34.3 Å². The summed E-state index contributed by atoms with van der Waals surface area (Å²) in [6.45, 7) is 3.28. The highest BCUT2D eigenvalue weighted by Crippen LogP contribution is 2.40. The second-order valence-electron chi connectivity index (χ2n) is 6.64. The maximum atomic E-state index is 12.5. The number of anilines is 2. The summed E-state index contributed by atoms with van der Waals surface area (Å²) < 4.78 is 20.9. The molecular formula is C21H23N3O6S. The van der Waals surface area contributed by atoms with Crippen LogP contribution in [0.2, 0.25) is 0 Å². The highest BCUT2D eigenvalue weighted by atomic mass is 32.1. The molecule has 3 aromatic rings. The van der Waals surface area contributed by atoms with E-state index in [9.17, 15) is 9.59 Å². The second kappa shape index (κ2) is 9.09. The minimum absolute atomic E-state index is 0.219. The van der Waals surface area contributed by atoms with Gasteiger partial charge in [-0.15, -0.1) is 11.3 Å². The first kappa shape index (κ1) is 22.2. The lowest BCUT2D eigenvalue weighted by Crippen LogP contribution is -2.21. The fourth-order valence-electron chi connectivity index (χ4n) is 3.17. The predicted octanol–water partition coefficient (Wildman–Crippen LogP) is 3.32.